The number of hydrogen-bond donors (Lipinski definition) is 2. The molecule has 0 spiro atoms. The van der Waals surface area contributed by atoms with E-state index in [0.717, 1.165) is 12.1 Å². The van der Waals surface area contributed by atoms with Crippen LogP contribution in [0, 0.1) is 0 Å². The molecule has 80 valence electrons. The number of nitrogen functional groups attached to an aromatic ring is 1. The van der Waals surface area contributed by atoms with E-state index < -0.39 is 17.5 Å². The van der Waals surface area contributed by atoms with Gasteiger partial charge in [0.25, 0.3) is 0 Å². The number of nitrogens with two attached hydrogens (primary N) is 1. The van der Waals surface area contributed by atoms with Crippen molar-refractivity contribution in [1.82, 2.24) is 4.98 Å². The molecule has 0 unspecified atom stereocenters. The smallest absolute Gasteiger partial charge is 0.406 e. The molecule has 0 fully saturated rings. The van der Waals surface area contributed by atoms with Crippen LogP contribution in [-0.2, 0) is 6.18 Å². The molecule has 0 atom stereocenters. The molecule has 0 aliphatic heterocycles. The van der Waals surface area contributed by atoms with Crippen molar-refractivity contribution in [3.05, 3.63) is 28.2 Å². The first-order valence-electron chi connectivity index (χ1n) is 3.87. The number of halogens is 3. The van der Waals surface area contributed by atoms with Gasteiger partial charge in [-0.25, -0.2) is 4.79 Å². The maximum atomic E-state index is 12.3. The van der Waals surface area contributed by atoms with Crippen LogP contribution in [0.25, 0.3) is 11.1 Å². The van der Waals surface area contributed by atoms with E-state index in [4.69, 9.17) is 5.73 Å². The Kier molecular flexibility index (Phi) is 1.79. The van der Waals surface area contributed by atoms with Gasteiger partial charge in [0.15, 0.2) is 5.58 Å². The van der Waals surface area contributed by atoms with E-state index in [1.807, 2.05) is 0 Å². The highest BCUT2D eigenvalue weighted by atomic mass is 19.4. The third-order valence-electron chi connectivity index (χ3n) is 1.88. The van der Waals surface area contributed by atoms with Crippen LogP contribution in [0.2, 0.25) is 0 Å². The summed E-state index contributed by atoms with van der Waals surface area (Å²) in [6, 6.07) is 1.50. The predicted molar refractivity (Wildman–Crippen MR) is 46.2 cm³/mol. The van der Waals surface area contributed by atoms with Crippen LogP contribution in [0.4, 0.5) is 18.9 Å². The Morgan fingerprint density at radius 1 is 1.33 bits per heavy atom. The van der Waals surface area contributed by atoms with Gasteiger partial charge in [0.05, 0.1) is 16.8 Å². The predicted octanol–water partition coefficient (Wildman–Crippen LogP) is 1.72. The molecule has 4 nitrogen and oxygen atoms in total. The molecule has 0 saturated carbocycles. The minimum Gasteiger partial charge on any atom is -0.406 e. The van der Waals surface area contributed by atoms with Crippen molar-refractivity contribution in [2.75, 3.05) is 5.73 Å². The zero-order chi connectivity index (χ0) is 11.2. The first-order chi connectivity index (χ1) is 6.88. The second kappa shape index (κ2) is 2.78. The summed E-state index contributed by atoms with van der Waals surface area (Å²) in [5, 5.41) is 0. The number of aromatic nitrogens is 1. The Balaban J connectivity index is 2.78. The average molecular weight is 218 g/mol. The van der Waals surface area contributed by atoms with Crippen LogP contribution in [-0.4, -0.2) is 4.98 Å². The highest BCUT2D eigenvalue weighted by molar-refractivity contribution is 5.85. The molecule has 0 saturated heterocycles. The summed E-state index contributed by atoms with van der Waals surface area (Å²) in [7, 11) is 0. The number of anilines is 1. The number of nitrogens with one attached hydrogen (secondary N) is 1. The molecular weight excluding hydrogens is 213 g/mol. The number of H-pyrrole nitrogens is 1. The molecule has 15 heavy (non-hydrogen) atoms. The maximum absolute atomic E-state index is 12.3. The second-order valence-electron chi connectivity index (χ2n) is 2.95. The summed E-state index contributed by atoms with van der Waals surface area (Å²) in [5.74, 6) is -0.837. The normalized spacial score (nSPS) is 12.2. The topological polar surface area (TPSA) is 72.0 Å². The van der Waals surface area contributed by atoms with E-state index in [2.05, 4.69) is 9.40 Å². The number of hydrogen-bond acceptors (Lipinski definition) is 3. The molecule has 1 aromatic carbocycles. The first kappa shape index (κ1) is 9.63. The Labute approximate surface area is 80.5 Å². The van der Waals surface area contributed by atoms with Crippen molar-refractivity contribution in [1.29, 1.82) is 0 Å². The van der Waals surface area contributed by atoms with Crippen molar-refractivity contribution in [2.45, 2.75) is 6.18 Å². The van der Waals surface area contributed by atoms with E-state index in [1.54, 1.807) is 0 Å². The number of oxazole rings is 1. The van der Waals surface area contributed by atoms with E-state index in [1.165, 1.54) is 0 Å². The molecule has 0 radical (unpaired) electrons. The van der Waals surface area contributed by atoms with Crippen molar-refractivity contribution in [2.24, 2.45) is 0 Å². The van der Waals surface area contributed by atoms with Gasteiger partial charge >= 0.3 is 11.9 Å². The van der Waals surface area contributed by atoms with Gasteiger partial charge in [0.1, 0.15) is 0 Å². The Morgan fingerprint density at radius 2 is 2.00 bits per heavy atom. The zero-order valence-corrected chi connectivity index (χ0v) is 7.18. The largest absolute Gasteiger partial charge is 0.417 e. The van der Waals surface area contributed by atoms with Crippen LogP contribution in [0.1, 0.15) is 5.56 Å². The Bertz CT molecular complexity index is 567. The fourth-order valence-electron chi connectivity index (χ4n) is 1.25. The molecule has 0 bridgehead atoms. The van der Waals surface area contributed by atoms with Crippen molar-refractivity contribution in [3.63, 3.8) is 0 Å². The van der Waals surface area contributed by atoms with Crippen LogP contribution in [0.3, 0.4) is 0 Å². The number of rotatable bonds is 0. The van der Waals surface area contributed by atoms with Crippen LogP contribution < -0.4 is 11.5 Å². The third kappa shape index (κ3) is 1.56. The van der Waals surface area contributed by atoms with Gasteiger partial charge in [-0.1, -0.05) is 0 Å². The summed E-state index contributed by atoms with van der Waals surface area (Å²) in [5.41, 5.74) is 4.04. The molecule has 7 heteroatoms. The van der Waals surface area contributed by atoms with E-state index in [-0.39, 0.29) is 16.8 Å². The molecule has 1 aromatic heterocycles. The number of benzene rings is 1. The fraction of sp³-hybridized carbons (Fsp3) is 0.125. The lowest BCUT2D eigenvalue weighted by atomic mass is 10.1. The Hall–Kier alpha value is -1.92. The molecule has 0 aliphatic carbocycles. The number of fused-ring (bicyclic) bond motifs is 1. The van der Waals surface area contributed by atoms with Crippen LogP contribution >= 0.6 is 0 Å². The highest BCUT2D eigenvalue weighted by Crippen LogP contribution is 2.33. The maximum Gasteiger partial charge on any atom is 0.417 e. The fourth-order valence-corrected chi connectivity index (χ4v) is 1.25. The Morgan fingerprint density at radius 3 is 2.60 bits per heavy atom. The van der Waals surface area contributed by atoms with Gasteiger partial charge in [0.2, 0.25) is 0 Å². The monoisotopic (exact) mass is 218 g/mol. The van der Waals surface area contributed by atoms with Crippen molar-refractivity contribution >= 4 is 16.8 Å². The van der Waals surface area contributed by atoms with Crippen LogP contribution in [0.15, 0.2) is 21.3 Å². The molecule has 1 heterocycles. The first-order valence-corrected chi connectivity index (χ1v) is 3.87. The molecular formula is C8H5F3N2O2. The third-order valence-corrected chi connectivity index (χ3v) is 1.88. The molecule has 0 amide bonds. The lowest BCUT2D eigenvalue weighted by Crippen LogP contribution is -2.05. The summed E-state index contributed by atoms with van der Waals surface area (Å²) in [6.07, 6.45) is -4.50. The van der Waals surface area contributed by atoms with Gasteiger partial charge in [-0.15, -0.1) is 0 Å². The number of alkyl halides is 3. The molecule has 3 N–H and O–H groups in total. The summed E-state index contributed by atoms with van der Waals surface area (Å²) >= 11 is 0. The summed E-state index contributed by atoms with van der Waals surface area (Å²) in [6.45, 7) is 0. The van der Waals surface area contributed by atoms with Gasteiger partial charge < -0.3 is 10.2 Å². The standard InChI is InChI=1S/C8H5F3N2O2/c9-8(10,11)3-1-4(12)6-5(2-3)13-7(14)15-6/h1-2H,12H2,(H,13,14). The van der Waals surface area contributed by atoms with E-state index in [0.29, 0.717) is 0 Å². The number of aromatic amines is 1. The van der Waals surface area contributed by atoms with Gasteiger partial charge in [0, 0.05) is 0 Å². The highest BCUT2D eigenvalue weighted by Gasteiger charge is 2.31. The molecule has 0 aliphatic rings. The van der Waals surface area contributed by atoms with E-state index >= 15 is 0 Å². The average Bonchev–Trinajstić information content (AvgIpc) is 2.44. The van der Waals surface area contributed by atoms with Gasteiger partial charge in [-0.3, -0.25) is 4.98 Å². The minimum absolute atomic E-state index is 0.0620. The SMILES string of the molecule is Nc1cc(C(F)(F)F)cc2[nH]c(=O)oc12. The second-order valence-corrected chi connectivity index (χ2v) is 2.95. The molecule has 2 aromatic rings. The van der Waals surface area contributed by atoms with Gasteiger partial charge in [-0.05, 0) is 12.1 Å². The van der Waals surface area contributed by atoms with Crippen LogP contribution in [0.5, 0.6) is 0 Å². The van der Waals surface area contributed by atoms with Gasteiger partial charge in [-0.2, -0.15) is 13.2 Å². The van der Waals surface area contributed by atoms with Crippen molar-refractivity contribution in [3.8, 4) is 0 Å². The lowest BCUT2D eigenvalue weighted by molar-refractivity contribution is -0.137. The molecule has 2 rings (SSSR count). The quantitative estimate of drug-likeness (QED) is 0.661. The lowest BCUT2D eigenvalue weighted by Gasteiger charge is -2.06. The zero-order valence-electron chi connectivity index (χ0n) is 7.18. The summed E-state index contributed by atoms with van der Waals surface area (Å²) in [4.78, 5) is 12.9. The summed E-state index contributed by atoms with van der Waals surface area (Å²) < 4.78 is 41.5. The van der Waals surface area contributed by atoms with Crippen molar-refractivity contribution < 1.29 is 17.6 Å². The van der Waals surface area contributed by atoms with E-state index in [9.17, 15) is 18.0 Å². The minimum atomic E-state index is -4.50.